The molecule has 0 spiro atoms. The highest BCUT2D eigenvalue weighted by molar-refractivity contribution is 6.03. The van der Waals surface area contributed by atoms with Gasteiger partial charge in [-0.15, -0.1) is 0 Å². The van der Waals surface area contributed by atoms with Gasteiger partial charge in [0.1, 0.15) is 35.6 Å². The zero-order chi connectivity index (χ0) is 27.8. The largest absolute Gasteiger partial charge is 0.489 e. The van der Waals surface area contributed by atoms with Gasteiger partial charge in [0.25, 0.3) is 11.8 Å². The zero-order valence-corrected chi connectivity index (χ0v) is 22.8. The van der Waals surface area contributed by atoms with Gasteiger partial charge < -0.3 is 25.0 Å². The first-order valence-electron chi connectivity index (χ1n) is 13.1. The molecule has 1 atom stereocenters. The van der Waals surface area contributed by atoms with E-state index in [1.807, 2.05) is 56.3 Å². The van der Waals surface area contributed by atoms with Gasteiger partial charge in [0, 0.05) is 24.9 Å². The number of ether oxygens (including phenoxy) is 2. The maximum Gasteiger partial charge on any atom is 0.270 e. The van der Waals surface area contributed by atoms with Crippen molar-refractivity contribution in [3.63, 3.8) is 0 Å². The first-order valence-corrected chi connectivity index (χ1v) is 13.1. The molecule has 3 aromatic rings. The third kappa shape index (κ3) is 7.37. The Morgan fingerprint density at radius 3 is 2.72 bits per heavy atom. The van der Waals surface area contributed by atoms with Crippen molar-refractivity contribution in [3.05, 3.63) is 78.1 Å². The summed E-state index contributed by atoms with van der Waals surface area (Å²) in [6.45, 7) is 7.14. The number of amides is 2. The maximum atomic E-state index is 13.3. The second-order valence-electron chi connectivity index (χ2n) is 9.86. The number of carbonyl (C=O) groups excluding carboxylic acids is 2. The fraction of sp³-hybridized carbons (Fsp3) is 0.323. The van der Waals surface area contributed by atoms with Crippen molar-refractivity contribution in [2.45, 2.75) is 45.2 Å². The lowest BCUT2D eigenvalue weighted by Gasteiger charge is -2.21. The summed E-state index contributed by atoms with van der Waals surface area (Å²) in [6.07, 6.45) is 3.70. The average molecular weight is 527 g/mol. The summed E-state index contributed by atoms with van der Waals surface area (Å²) in [7, 11) is 1.66. The van der Waals surface area contributed by atoms with Gasteiger partial charge in [0.05, 0.1) is 11.2 Å². The highest BCUT2D eigenvalue weighted by Crippen LogP contribution is 2.31. The van der Waals surface area contributed by atoms with Crippen molar-refractivity contribution < 1.29 is 19.1 Å². The van der Waals surface area contributed by atoms with Crippen molar-refractivity contribution in [2.75, 3.05) is 25.1 Å². The molecule has 8 nitrogen and oxygen atoms in total. The normalized spacial score (nSPS) is 14.8. The van der Waals surface area contributed by atoms with Crippen LogP contribution in [0.1, 0.15) is 49.7 Å². The van der Waals surface area contributed by atoms with Crippen LogP contribution in [0.25, 0.3) is 0 Å². The number of unbranched alkanes of at least 4 members (excludes halogenated alkanes) is 1. The van der Waals surface area contributed by atoms with E-state index in [9.17, 15) is 9.59 Å². The molecule has 2 N–H and O–H groups in total. The Bertz CT molecular complexity index is 1380. The first-order chi connectivity index (χ1) is 18.8. The third-order valence-electron chi connectivity index (χ3n) is 6.22. The smallest absolute Gasteiger partial charge is 0.270 e. The molecule has 8 heteroatoms. The Balaban J connectivity index is 1.44. The topological polar surface area (TPSA) is 92.8 Å². The molecule has 39 heavy (non-hydrogen) atoms. The number of hydrogen-bond donors (Lipinski definition) is 2. The monoisotopic (exact) mass is 526 g/mol. The van der Waals surface area contributed by atoms with Gasteiger partial charge in [-0.2, -0.15) is 0 Å². The third-order valence-corrected chi connectivity index (χ3v) is 6.22. The van der Waals surface area contributed by atoms with Gasteiger partial charge in [-0.3, -0.25) is 14.6 Å². The predicted molar refractivity (Wildman–Crippen MR) is 151 cm³/mol. The first kappa shape index (κ1) is 27.7. The number of aromatic nitrogens is 1. The Labute approximate surface area is 229 Å². The van der Waals surface area contributed by atoms with Crippen LogP contribution in [0.4, 0.5) is 5.69 Å². The van der Waals surface area contributed by atoms with E-state index in [4.69, 9.17) is 9.47 Å². The van der Waals surface area contributed by atoms with Crippen LogP contribution in [0.3, 0.4) is 0 Å². The van der Waals surface area contributed by atoms with Gasteiger partial charge in [0.2, 0.25) is 0 Å². The molecule has 0 unspecified atom stereocenters. The van der Waals surface area contributed by atoms with E-state index in [0.717, 1.165) is 24.9 Å². The van der Waals surface area contributed by atoms with Crippen LogP contribution < -0.4 is 25.0 Å². The number of rotatable bonds is 8. The molecule has 202 valence electrons. The van der Waals surface area contributed by atoms with E-state index >= 15 is 0 Å². The molecule has 4 rings (SSSR count). The minimum atomic E-state index is -0.897. The van der Waals surface area contributed by atoms with E-state index in [1.54, 1.807) is 19.2 Å². The summed E-state index contributed by atoms with van der Waals surface area (Å²) in [4.78, 5) is 31.9. The average Bonchev–Trinajstić information content (AvgIpc) is 3.05. The molecule has 2 heterocycles. The predicted octanol–water partition coefficient (Wildman–Crippen LogP) is 4.55. The van der Waals surface area contributed by atoms with Crippen molar-refractivity contribution in [1.82, 2.24) is 15.6 Å². The van der Waals surface area contributed by atoms with Crippen LogP contribution in [0.2, 0.25) is 0 Å². The second-order valence-corrected chi connectivity index (χ2v) is 9.86. The van der Waals surface area contributed by atoms with E-state index in [0.29, 0.717) is 22.9 Å². The summed E-state index contributed by atoms with van der Waals surface area (Å²) in [5, 5.41) is 6.21. The molecule has 0 aliphatic carbocycles. The Hall–Kier alpha value is -4.35. The minimum absolute atomic E-state index is 0.0124. The van der Waals surface area contributed by atoms with Gasteiger partial charge in [-0.1, -0.05) is 43.4 Å². The lowest BCUT2D eigenvalue weighted by molar-refractivity contribution is -0.120. The minimum Gasteiger partial charge on any atom is -0.489 e. The van der Waals surface area contributed by atoms with Crippen LogP contribution in [0.5, 0.6) is 17.2 Å². The maximum absolute atomic E-state index is 13.3. The second kappa shape index (κ2) is 12.5. The van der Waals surface area contributed by atoms with Crippen LogP contribution in [-0.4, -0.2) is 48.6 Å². The fourth-order valence-electron chi connectivity index (χ4n) is 3.99. The highest BCUT2D eigenvalue weighted by atomic mass is 16.5. The summed E-state index contributed by atoms with van der Waals surface area (Å²) in [6, 6.07) is 17.0. The number of carbonyl (C=O) groups is 2. The van der Waals surface area contributed by atoms with Crippen molar-refractivity contribution in [3.8, 4) is 29.1 Å². The van der Waals surface area contributed by atoms with E-state index in [-0.39, 0.29) is 23.7 Å². The number of nitrogens with zero attached hydrogens (tertiary/aromatic N) is 2. The Morgan fingerprint density at radius 2 is 1.95 bits per heavy atom. The van der Waals surface area contributed by atoms with Gasteiger partial charge >= 0.3 is 0 Å². The summed E-state index contributed by atoms with van der Waals surface area (Å²) < 4.78 is 11.7. The van der Waals surface area contributed by atoms with Crippen molar-refractivity contribution in [2.24, 2.45) is 0 Å². The highest BCUT2D eigenvalue weighted by Gasteiger charge is 2.31. The standard InChI is InChI=1S/C31H34N4O4/c1-5-6-17-33-31(2,3)16-14-22-12-13-28-27(19-22)35(4)30(37)26(21-38-28)34-29(36)25-20-24(15-18-32-25)39-23-10-8-7-9-11-23/h7-13,15,18-20,26,33H,5-6,17,21H2,1-4H3,(H,34,36)/t26-/m0/s1. The molecule has 0 saturated carbocycles. The van der Waals surface area contributed by atoms with Gasteiger partial charge in [-0.25, -0.2) is 0 Å². The molecular formula is C31H34N4O4. The van der Waals surface area contributed by atoms with Crippen molar-refractivity contribution >= 4 is 17.5 Å². The molecule has 2 amide bonds. The fourth-order valence-corrected chi connectivity index (χ4v) is 3.99. The molecule has 0 radical (unpaired) electrons. The lowest BCUT2D eigenvalue weighted by Crippen LogP contribution is -2.49. The molecule has 1 aliphatic rings. The summed E-state index contributed by atoms with van der Waals surface area (Å²) in [5.41, 5.74) is 1.15. The van der Waals surface area contributed by atoms with Crippen LogP contribution >= 0.6 is 0 Å². The molecular weight excluding hydrogens is 492 g/mol. The quantitative estimate of drug-likeness (QED) is 0.331. The molecule has 1 aliphatic heterocycles. The SMILES string of the molecule is CCCCNC(C)(C)C#Cc1ccc2c(c1)N(C)C(=O)[C@@H](NC(=O)c1cc(Oc3ccccc3)ccn1)CO2. The van der Waals surface area contributed by atoms with Crippen molar-refractivity contribution in [1.29, 1.82) is 0 Å². The van der Waals surface area contributed by atoms with E-state index in [2.05, 4.69) is 34.4 Å². The lowest BCUT2D eigenvalue weighted by atomic mass is 10.0. The van der Waals surface area contributed by atoms with Crippen LogP contribution in [0.15, 0.2) is 66.9 Å². The summed E-state index contributed by atoms with van der Waals surface area (Å²) in [5.74, 6) is 7.34. The number of benzene rings is 2. The van der Waals surface area contributed by atoms with Gasteiger partial charge in [-0.05, 0) is 63.2 Å². The van der Waals surface area contributed by atoms with Crippen LogP contribution in [0, 0.1) is 11.8 Å². The van der Waals surface area contributed by atoms with Crippen LogP contribution in [-0.2, 0) is 4.79 Å². The Kier molecular flexibility index (Phi) is 8.84. The van der Waals surface area contributed by atoms with E-state index in [1.165, 1.54) is 17.2 Å². The van der Waals surface area contributed by atoms with E-state index < -0.39 is 11.9 Å². The molecule has 0 fully saturated rings. The molecule has 0 saturated heterocycles. The number of para-hydroxylation sites is 1. The Morgan fingerprint density at radius 1 is 1.15 bits per heavy atom. The number of nitrogens with one attached hydrogen (secondary N) is 2. The number of fused-ring (bicyclic) bond motifs is 1. The number of likely N-dealkylation sites (N-methyl/N-ethyl adjacent to an activating group) is 1. The summed E-state index contributed by atoms with van der Waals surface area (Å²) >= 11 is 0. The zero-order valence-electron chi connectivity index (χ0n) is 22.8. The van der Waals surface area contributed by atoms with Gasteiger partial charge in [0.15, 0.2) is 0 Å². The number of anilines is 1. The molecule has 2 aromatic carbocycles. The molecule has 0 bridgehead atoms. The molecule has 1 aromatic heterocycles. The number of hydrogen-bond acceptors (Lipinski definition) is 6. The number of pyridine rings is 1.